The number of rotatable bonds is 6. The number of benzene rings is 2. The van der Waals surface area contributed by atoms with Crippen molar-refractivity contribution in [2.24, 2.45) is 17.3 Å². The van der Waals surface area contributed by atoms with E-state index in [9.17, 15) is 24.4 Å². The molecule has 8 rings (SSSR count). The van der Waals surface area contributed by atoms with Crippen LogP contribution in [0.5, 0.6) is 5.75 Å². The zero-order valence-corrected chi connectivity index (χ0v) is 41.8. The first-order valence-electron chi connectivity index (χ1n) is 24.6. The van der Waals surface area contributed by atoms with E-state index in [1.165, 1.54) is 9.91 Å². The Balaban J connectivity index is 1.34. The van der Waals surface area contributed by atoms with Crippen LogP contribution in [-0.4, -0.2) is 133 Å². The molecular formula is C53H69N9O7. The number of aromatic nitrogens is 2. The van der Waals surface area contributed by atoms with Crippen LogP contribution in [0.25, 0.3) is 33.3 Å². The predicted octanol–water partition coefficient (Wildman–Crippen LogP) is 5.90. The number of pyridine rings is 1. The molecule has 368 valence electrons. The zero-order valence-electron chi connectivity index (χ0n) is 41.8. The van der Waals surface area contributed by atoms with Crippen molar-refractivity contribution in [3.05, 3.63) is 65.5 Å². The second-order valence-corrected chi connectivity index (χ2v) is 20.5. The maximum absolute atomic E-state index is 14.8. The lowest BCUT2D eigenvalue weighted by molar-refractivity contribution is -0.155. The summed E-state index contributed by atoms with van der Waals surface area (Å²) < 4.78 is 21.0. The van der Waals surface area contributed by atoms with Crippen LogP contribution < -0.4 is 20.4 Å². The number of hydrazine groups is 1. The van der Waals surface area contributed by atoms with Gasteiger partial charge >= 0.3 is 5.97 Å². The number of amides is 3. The maximum atomic E-state index is 14.8. The van der Waals surface area contributed by atoms with Crippen LogP contribution in [0.3, 0.4) is 0 Å². The van der Waals surface area contributed by atoms with E-state index >= 15 is 0 Å². The summed E-state index contributed by atoms with van der Waals surface area (Å²) in [7, 11) is 5.41. The topological polar surface area (TPSA) is 175 Å². The van der Waals surface area contributed by atoms with E-state index in [4.69, 9.17) is 19.2 Å². The molecule has 16 heteroatoms. The van der Waals surface area contributed by atoms with E-state index in [1.807, 2.05) is 45.2 Å². The average molecular weight is 944 g/mol. The van der Waals surface area contributed by atoms with Crippen molar-refractivity contribution in [2.45, 2.75) is 104 Å². The number of methoxy groups -OCH3 is 1. The van der Waals surface area contributed by atoms with Crippen LogP contribution in [0.4, 0.5) is 5.69 Å². The lowest BCUT2D eigenvalue weighted by atomic mass is 9.84. The summed E-state index contributed by atoms with van der Waals surface area (Å²) in [6.07, 6.45) is 3.11. The van der Waals surface area contributed by atoms with Gasteiger partial charge < -0.3 is 38.8 Å². The number of esters is 1. The van der Waals surface area contributed by atoms with Gasteiger partial charge in [-0.25, -0.2) is 5.43 Å². The third-order valence-electron chi connectivity index (χ3n) is 14.4. The number of ether oxygens (including phenoxy) is 3. The molecule has 0 radical (unpaired) electrons. The molecule has 6 heterocycles. The Bertz CT molecular complexity index is 2630. The molecule has 2 saturated heterocycles. The van der Waals surface area contributed by atoms with E-state index in [2.05, 4.69) is 83.3 Å². The monoisotopic (exact) mass is 944 g/mol. The van der Waals surface area contributed by atoms with Gasteiger partial charge in [-0.3, -0.25) is 29.2 Å². The maximum Gasteiger partial charge on any atom is 0.324 e. The lowest BCUT2D eigenvalue weighted by Gasteiger charge is -2.37. The highest BCUT2D eigenvalue weighted by molar-refractivity contribution is 5.96. The summed E-state index contributed by atoms with van der Waals surface area (Å²) >= 11 is 0. The van der Waals surface area contributed by atoms with Gasteiger partial charge in [0, 0.05) is 88.1 Å². The molecule has 69 heavy (non-hydrogen) atoms. The van der Waals surface area contributed by atoms with Crippen LogP contribution in [-0.2, 0) is 48.0 Å². The van der Waals surface area contributed by atoms with E-state index in [0.29, 0.717) is 43.7 Å². The highest BCUT2D eigenvalue weighted by Crippen LogP contribution is 2.43. The summed E-state index contributed by atoms with van der Waals surface area (Å²) in [5, 5.41) is 15.7. The van der Waals surface area contributed by atoms with E-state index in [1.54, 1.807) is 14.2 Å². The molecule has 0 aliphatic carbocycles. The van der Waals surface area contributed by atoms with E-state index < -0.39 is 47.2 Å². The minimum atomic E-state index is -1.09. The average Bonchev–Trinajstić information content (AvgIpc) is 3.64. The Morgan fingerprint density at radius 3 is 2.42 bits per heavy atom. The molecule has 5 atom stereocenters. The van der Waals surface area contributed by atoms with Crippen LogP contribution in [0.1, 0.15) is 83.7 Å². The van der Waals surface area contributed by atoms with Gasteiger partial charge in [0.15, 0.2) is 0 Å². The molecule has 2 aromatic heterocycles. The van der Waals surface area contributed by atoms with Crippen molar-refractivity contribution in [3.8, 4) is 34.2 Å². The fourth-order valence-corrected chi connectivity index (χ4v) is 10.4. The second-order valence-electron chi connectivity index (χ2n) is 20.5. The summed E-state index contributed by atoms with van der Waals surface area (Å²) in [5.41, 5.74) is 11.0. The number of hydrogen-bond donors (Lipinski definition) is 2. The summed E-state index contributed by atoms with van der Waals surface area (Å²) in [4.78, 5) is 68.2. The number of nitriles is 1. The number of carbonyl (C=O) groups is 4. The van der Waals surface area contributed by atoms with Gasteiger partial charge in [-0.1, -0.05) is 39.8 Å². The number of anilines is 1. The van der Waals surface area contributed by atoms with Gasteiger partial charge in [0.25, 0.3) is 5.91 Å². The second kappa shape index (κ2) is 20.5. The van der Waals surface area contributed by atoms with Gasteiger partial charge in [-0.15, -0.1) is 0 Å². The summed E-state index contributed by atoms with van der Waals surface area (Å²) in [6.45, 7) is 16.8. The number of hydrogen-bond acceptors (Lipinski definition) is 12. The fourth-order valence-electron chi connectivity index (χ4n) is 10.4. The Labute approximate surface area is 406 Å². The normalized spacial score (nSPS) is 23.6. The standard InChI is InChI=1S/C53H69N9O7/c1-10-61-45-14-13-36-25-40(45)42(49(61)41-26-38(29-55-47(41)33(4)67-9)60-18-16-58(7)17-19-60)27-53(5,6)31-69-52(66)43-12-11-15-62(57-43)51(65)44-22-34-20-37(36)24-39(21-34)68-30-35(28-54)23-46(63)59(8)48(32(2)3)50(64)56-44/h13-14,20-21,24-26,29,32-33,35,43-44,48,57H,10-12,15-19,22-23,27,30-31H2,1-9H3,(H,56,64)/t33-,35-,43-,44-,48-/m0/s1. The number of likely N-dealkylation sites (N-methyl/N-ethyl adjacent to an activating group) is 2. The van der Waals surface area contributed by atoms with Crippen LogP contribution in [0.15, 0.2) is 48.7 Å². The number of cyclic esters (lactones) is 1. The van der Waals surface area contributed by atoms with Crippen LogP contribution in [0.2, 0.25) is 0 Å². The number of carbonyl (C=O) groups excluding carboxylic acids is 4. The Morgan fingerprint density at radius 2 is 1.71 bits per heavy atom. The van der Waals surface area contributed by atoms with Gasteiger partial charge in [0.05, 0.1) is 48.0 Å². The third kappa shape index (κ3) is 10.5. The van der Waals surface area contributed by atoms with Crippen molar-refractivity contribution in [2.75, 3.05) is 72.0 Å². The quantitative estimate of drug-likeness (QED) is 0.220. The first-order chi connectivity index (χ1) is 33.0. The minimum absolute atomic E-state index is 0.0561. The van der Waals surface area contributed by atoms with Crippen molar-refractivity contribution in [1.82, 2.24) is 35.1 Å². The first kappa shape index (κ1) is 49.4. The van der Waals surface area contributed by atoms with Crippen molar-refractivity contribution < 1.29 is 33.4 Å². The molecule has 2 fully saturated rings. The number of fused-ring (bicyclic) bond motifs is 7. The highest BCUT2D eigenvalue weighted by Gasteiger charge is 2.38. The van der Waals surface area contributed by atoms with Crippen LogP contribution in [0, 0.1) is 28.6 Å². The molecule has 0 saturated carbocycles. The number of nitrogens with zero attached hydrogens (tertiary/aromatic N) is 7. The van der Waals surface area contributed by atoms with Crippen molar-refractivity contribution >= 4 is 40.3 Å². The van der Waals surface area contributed by atoms with Gasteiger partial charge in [-0.05, 0) is 98.7 Å². The molecule has 16 nitrogen and oxygen atoms in total. The Kier molecular flexibility index (Phi) is 14.7. The lowest BCUT2D eigenvalue weighted by Crippen LogP contribution is -2.62. The smallest absolute Gasteiger partial charge is 0.324 e. The van der Waals surface area contributed by atoms with Gasteiger partial charge in [0.2, 0.25) is 11.8 Å². The number of nitrogens with one attached hydrogen (secondary N) is 2. The Hall–Kier alpha value is -6.02. The fraction of sp³-hybridized carbons (Fsp3) is 0.547. The molecule has 8 bridgehead atoms. The predicted molar refractivity (Wildman–Crippen MR) is 264 cm³/mol. The first-order valence-corrected chi connectivity index (χ1v) is 24.6. The number of aryl methyl sites for hydroxylation is 1. The minimum Gasteiger partial charge on any atom is -0.492 e. The van der Waals surface area contributed by atoms with Crippen molar-refractivity contribution in [1.29, 1.82) is 5.26 Å². The molecule has 0 unspecified atom stereocenters. The summed E-state index contributed by atoms with van der Waals surface area (Å²) in [6, 6.07) is 13.9. The molecule has 4 aliphatic heterocycles. The number of piperazine rings is 1. The molecule has 2 N–H and O–H groups in total. The molecule has 3 amide bonds. The van der Waals surface area contributed by atoms with E-state index in [-0.39, 0.29) is 44.0 Å². The van der Waals surface area contributed by atoms with Gasteiger partial charge in [0.1, 0.15) is 30.5 Å². The molecular weight excluding hydrogens is 875 g/mol. The van der Waals surface area contributed by atoms with Crippen LogP contribution >= 0.6 is 0 Å². The van der Waals surface area contributed by atoms with Crippen molar-refractivity contribution in [3.63, 3.8) is 0 Å². The van der Waals surface area contributed by atoms with E-state index in [0.717, 1.165) is 76.4 Å². The molecule has 0 spiro atoms. The summed E-state index contributed by atoms with van der Waals surface area (Å²) in [5.74, 6) is -2.39. The molecule has 2 aromatic carbocycles. The molecule has 4 aliphatic rings. The highest BCUT2D eigenvalue weighted by atomic mass is 16.5. The third-order valence-corrected chi connectivity index (χ3v) is 14.4. The Morgan fingerprint density at radius 1 is 0.942 bits per heavy atom. The zero-order chi connectivity index (χ0) is 49.3. The SMILES string of the molecule is CCn1c(-c2cc(N3CCN(C)CC3)cnc2[C@H](C)OC)c2c3cc(ccc31)-c1cc3cc(c1)OC[C@H](C#N)CC(=O)N(C)[C@@H](C(C)C)C(=O)N[C@@H](C3)C(=O)N1CCC[C@H](N1)C(=O)OCC(C)(C)C2. The van der Waals surface area contributed by atoms with Gasteiger partial charge in [-0.2, -0.15) is 5.26 Å². The largest absolute Gasteiger partial charge is 0.492 e. The molecule has 4 aromatic rings.